The van der Waals surface area contributed by atoms with E-state index in [-0.39, 0.29) is 17.5 Å². The van der Waals surface area contributed by atoms with Gasteiger partial charge in [0, 0.05) is 16.5 Å². The summed E-state index contributed by atoms with van der Waals surface area (Å²) in [6.45, 7) is 2.01. The minimum atomic E-state index is -1.61. The highest BCUT2D eigenvalue weighted by Crippen LogP contribution is 2.41. The Morgan fingerprint density at radius 3 is 2.81 bits per heavy atom. The highest BCUT2D eigenvalue weighted by Gasteiger charge is 2.51. The molecule has 2 N–H and O–H groups in total. The zero-order valence-electron chi connectivity index (χ0n) is 14.5. The van der Waals surface area contributed by atoms with Gasteiger partial charge in [-0.15, -0.1) is 0 Å². The molecule has 3 aromatic rings. The number of carbonyl (C=O) groups is 2. The van der Waals surface area contributed by atoms with Crippen molar-refractivity contribution in [3.8, 4) is 11.4 Å². The molecule has 0 fully saturated rings. The molecule has 1 aromatic carbocycles. The summed E-state index contributed by atoms with van der Waals surface area (Å²) in [4.78, 5) is 42.2. The van der Waals surface area contributed by atoms with E-state index in [2.05, 4.69) is 0 Å². The maximum Gasteiger partial charge on any atom is 0.345 e. The number of fused-ring (bicyclic) bond motifs is 5. The number of nitrogens with two attached hydrogens (primary N) is 1. The van der Waals surface area contributed by atoms with Gasteiger partial charge >= 0.3 is 5.97 Å². The maximum atomic E-state index is 13.0. The number of ether oxygens (including phenoxy) is 1. The molecule has 27 heavy (non-hydrogen) atoms. The smallest absolute Gasteiger partial charge is 0.345 e. The number of aromatic nitrogens is 2. The van der Waals surface area contributed by atoms with Crippen molar-refractivity contribution in [1.82, 2.24) is 9.55 Å². The molecule has 2 aromatic heterocycles. The Labute approximate surface area is 153 Å². The van der Waals surface area contributed by atoms with Gasteiger partial charge in [-0.05, 0) is 24.6 Å². The summed E-state index contributed by atoms with van der Waals surface area (Å²) >= 11 is 0. The summed E-state index contributed by atoms with van der Waals surface area (Å²) in [5.74, 6) is -1.59. The van der Waals surface area contributed by atoms with Gasteiger partial charge in [-0.3, -0.25) is 9.59 Å². The average molecular weight is 361 g/mol. The fourth-order valence-electron chi connectivity index (χ4n) is 4.07. The number of amides is 1. The van der Waals surface area contributed by atoms with Crippen LogP contribution < -0.4 is 11.3 Å². The second-order valence-electron chi connectivity index (χ2n) is 6.83. The van der Waals surface area contributed by atoms with Gasteiger partial charge in [0.1, 0.15) is 5.56 Å². The Morgan fingerprint density at radius 1 is 1.30 bits per heavy atom. The first kappa shape index (κ1) is 15.7. The molecular formula is C20H15N3O4. The summed E-state index contributed by atoms with van der Waals surface area (Å²) in [7, 11) is 0. The van der Waals surface area contributed by atoms with Gasteiger partial charge in [-0.2, -0.15) is 0 Å². The summed E-state index contributed by atoms with van der Waals surface area (Å²) in [6, 6.07) is 11.3. The Morgan fingerprint density at radius 2 is 2.07 bits per heavy atom. The molecule has 0 saturated heterocycles. The monoisotopic (exact) mass is 361 g/mol. The van der Waals surface area contributed by atoms with Crippen molar-refractivity contribution in [2.24, 2.45) is 5.73 Å². The summed E-state index contributed by atoms with van der Waals surface area (Å²) in [5.41, 5.74) is 6.51. The summed E-state index contributed by atoms with van der Waals surface area (Å²) in [5, 5.41) is 0.976. The Bertz CT molecular complexity index is 1240. The fourth-order valence-corrected chi connectivity index (χ4v) is 4.07. The van der Waals surface area contributed by atoms with E-state index in [1.807, 2.05) is 30.3 Å². The van der Waals surface area contributed by atoms with E-state index < -0.39 is 23.0 Å². The third kappa shape index (κ3) is 1.85. The largest absolute Gasteiger partial charge is 0.440 e. The molecule has 0 radical (unpaired) electrons. The highest BCUT2D eigenvalue weighted by atomic mass is 16.6. The third-order valence-corrected chi connectivity index (χ3v) is 5.48. The van der Waals surface area contributed by atoms with Gasteiger partial charge in [0.05, 0.1) is 23.4 Å². The number of esters is 1. The lowest BCUT2D eigenvalue weighted by atomic mass is 9.89. The number of hydrogen-bond acceptors (Lipinski definition) is 5. The van der Waals surface area contributed by atoms with Crippen LogP contribution in [0.15, 0.2) is 41.2 Å². The first-order valence-electron chi connectivity index (χ1n) is 8.67. The molecule has 134 valence electrons. The van der Waals surface area contributed by atoms with Gasteiger partial charge in [-0.25, -0.2) is 9.78 Å². The van der Waals surface area contributed by atoms with Crippen molar-refractivity contribution < 1.29 is 14.3 Å². The van der Waals surface area contributed by atoms with Gasteiger partial charge in [-0.1, -0.05) is 25.1 Å². The van der Waals surface area contributed by atoms with Crippen molar-refractivity contribution in [2.45, 2.75) is 25.5 Å². The van der Waals surface area contributed by atoms with E-state index in [0.717, 1.165) is 16.5 Å². The highest BCUT2D eigenvalue weighted by molar-refractivity contribution is 6.02. The van der Waals surface area contributed by atoms with Crippen LogP contribution >= 0.6 is 0 Å². The molecule has 7 heteroatoms. The van der Waals surface area contributed by atoms with E-state index >= 15 is 0 Å². The van der Waals surface area contributed by atoms with Crippen LogP contribution in [0.5, 0.6) is 0 Å². The number of pyridine rings is 2. The van der Waals surface area contributed by atoms with Gasteiger partial charge in [0.25, 0.3) is 11.5 Å². The molecule has 4 heterocycles. The Kier molecular flexibility index (Phi) is 2.94. The number of nitrogens with zero attached hydrogens (tertiary/aromatic N) is 2. The minimum absolute atomic E-state index is 0.114. The fraction of sp³-hybridized carbons (Fsp3) is 0.200. The van der Waals surface area contributed by atoms with Crippen molar-refractivity contribution in [3.63, 3.8) is 0 Å². The molecule has 5 rings (SSSR count). The summed E-state index contributed by atoms with van der Waals surface area (Å²) in [6.07, 6.45) is 0.155. The first-order chi connectivity index (χ1) is 13.0. The Balaban J connectivity index is 1.83. The van der Waals surface area contributed by atoms with E-state index in [9.17, 15) is 14.4 Å². The quantitative estimate of drug-likeness (QED) is 0.547. The van der Waals surface area contributed by atoms with E-state index in [1.165, 1.54) is 4.57 Å². The molecule has 0 saturated carbocycles. The predicted molar refractivity (Wildman–Crippen MR) is 97.1 cm³/mol. The first-order valence-corrected chi connectivity index (χ1v) is 8.67. The predicted octanol–water partition coefficient (Wildman–Crippen LogP) is 1.69. The van der Waals surface area contributed by atoms with Crippen LogP contribution in [0.3, 0.4) is 0 Å². The second kappa shape index (κ2) is 5.03. The van der Waals surface area contributed by atoms with Crippen molar-refractivity contribution >= 4 is 22.8 Å². The van der Waals surface area contributed by atoms with Gasteiger partial charge < -0.3 is 15.0 Å². The standard InChI is InChI=1S/C20H15N3O4/c1-2-20(19(21)26)12-8-14-16-11(7-10-5-3-4-6-13(10)22-16)9-23(14)17(24)15(12)18(25)27-20/h3-8H,2,9H2,1H3,(H2,21,26)/t20-/m1/s1. The van der Waals surface area contributed by atoms with Crippen LogP contribution in [0.4, 0.5) is 0 Å². The molecule has 1 amide bonds. The number of rotatable bonds is 2. The van der Waals surface area contributed by atoms with Gasteiger partial charge in [0.15, 0.2) is 0 Å². The molecule has 2 aliphatic rings. The topological polar surface area (TPSA) is 104 Å². The average Bonchev–Trinajstić information content (AvgIpc) is 3.16. The molecule has 0 aliphatic carbocycles. The van der Waals surface area contributed by atoms with Gasteiger partial charge in [0.2, 0.25) is 5.60 Å². The number of benzene rings is 1. The van der Waals surface area contributed by atoms with E-state index in [1.54, 1.807) is 13.0 Å². The van der Waals surface area contributed by atoms with Crippen molar-refractivity contribution in [3.05, 3.63) is 63.4 Å². The molecule has 1 atom stereocenters. The molecular weight excluding hydrogens is 346 g/mol. The number of para-hydroxylation sites is 1. The Hall–Kier alpha value is -3.48. The number of cyclic esters (lactones) is 1. The van der Waals surface area contributed by atoms with Crippen LogP contribution in [0.2, 0.25) is 0 Å². The van der Waals surface area contributed by atoms with Crippen molar-refractivity contribution in [1.29, 1.82) is 0 Å². The molecule has 0 bridgehead atoms. The van der Waals surface area contributed by atoms with Crippen molar-refractivity contribution in [2.75, 3.05) is 0 Å². The normalized spacial score (nSPS) is 19.5. The lowest BCUT2D eigenvalue weighted by Crippen LogP contribution is -2.41. The molecule has 7 nitrogen and oxygen atoms in total. The van der Waals surface area contributed by atoms with Crippen LogP contribution in [0.1, 0.15) is 34.8 Å². The number of hydrogen-bond donors (Lipinski definition) is 1. The molecule has 0 spiro atoms. The van der Waals surface area contributed by atoms with Crippen LogP contribution in [0, 0.1) is 0 Å². The number of carbonyl (C=O) groups excluding carboxylic acids is 2. The van der Waals surface area contributed by atoms with Crippen LogP contribution in [0.25, 0.3) is 22.3 Å². The molecule has 0 unspecified atom stereocenters. The minimum Gasteiger partial charge on any atom is -0.440 e. The second-order valence-corrected chi connectivity index (χ2v) is 6.83. The zero-order valence-corrected chi connectivity index (χ0v) is 14.5. The zero-order chi connectivity index (χ0) is 18.9. The summed E-state index contributed by atoms with van der Waals surface area (Å²) < 4.78 is 6.80. The van der Waals surface area contributed by atoms with E-state index in [0.29, 0.717) is 17.9 Å². The third-order valence-electron chi connectivity index (χ3n) is 5.48. The SMILES string of the molecule is CC[C@@]1(C(N)=O)OC(=O)c2c1cc1n(c2=O)Cc2cc3ccccc3nc2-1. The van der Waals surface area contributed by atoms with E-state index in [4.69, 9.17) is 15.5 Å². The van der Waals surface area contributed by atoms with Crippen LogP contribution in [-0.4, -0.2) is 21.4 Å². The lowest BCUT2D eigenvalue weighted by molar-refractivity contribution is -0.137. The maximum absolute atomic E-state index is 13.0. The lowest BCUT2D eigenvalue weighted by Gasteiger charge is -2.23. The molecule has 2 aliphatic heterocycles. The van der Waals surface area contributed by atoms with Crippen LogP contribution in [-0.2, 0) is 21.7 Å². The number of primary amides is 1.